The summed E-state index contributed by atoms with van der Waals surface area (Å²) < 4.78 is 0. The third-order valence-corrected chi connectivity index (χ3v) is 6.71. The SMILES string of the molecule is CC(C)N(C)[C@@H]1c2ccccc2C2(CCN(C(=O)c3ccnnc3)CC2)[C@H]1O. The summed E-state index contributed by atoms with van der Waals surface area (Å²) in [7, 11) is 2.09. The summed E-state index contributed by atoms with van der Waals surface area (Å²) in [5.74, 6) is -0.0126. The van der Waals surface area contributed by atoms with Crippen LogP contribution >= 0.6 is 0 Å². The Morgan fingerprint density at radius 2 is 1.93 bits per heavy atom. The van der Waals surface area contributed by atoms with Crippen molar-refractivity contribution in [2.24, 2.45) is 0 Å². The van der Waals surface area contributed by atoms with Crippen LogP contribution < -0.4 is 0 Å². The maximum atomic E-state index is 12.8. The minimum absolute atomic E-state index is 0.0113. The van der Waals surface area contributed by atoms with Crippen LogP contribution in [0.2, 0.25) is 0 Å². The molecule has 4 rings (SSSR count). The summed E-state index contributed by atoms with van der Waals surface area (Å²) in [6.07, 6.45) is 4.11. The lowest BCUT2D eigenvalue weighted by molar-refractivity contribution is -0.0142. The molecule has 2 atom stereocenters. The van der Waals surface area contributed by atoms with Gasteiger partial charge in [-0.3, -0.25) is 9.69 Å². The number of benzene rings is 1. The van der Waals surface area contributed by atoms with Crippen molar-refractivity contribution in [3.63, 3.8) is 0 Å². The van der Waals surface area contributed by atoms with Gasteiger partial charge in [0.2, 0.25) is 0 Å². The van der Waals surface area contributed by atoms with E-state index in [9.17, 15) is 9.90 Å². The number of amides is 1. The summed E-state index contributed by atoms with van der Waals surface area (Å²) in [6, 6.07) is 10.5. The van der Waals surface area contributed by atoms with Crippen LogP contribution in [0.25, 0.3) is 0 Å². The summed E-state index contributed by atoms with van der Waals surface area (Å²) >= 11 is 0. The number of fused-ring (bicyclic) bond motifs is 2. The second-order valence-corrected chi connectivity index (χ2v) is 8.32. The Morgan fingerprint density at radius 1 is 1.21 bits per heavy atom. The highest BCUT2D eigenvalue weighted by Crippen LogP contribution is 2.52. The fraction of sp³-hybridized carbons (Fsp3) is 0.500. The van der Waals surface area contributed by atoms with Gasteiger partial charge < -0.3 is 10.0 Å². The second kappa shape index (κ2) is 7.26. The molecule has 0 bridgehead atoms. The van der Waals surface area contributed by atoms with Gasteiger partial charge in [0.25, 0.3) is 5.91 Å². The lowest BCUT2D eigenvalue weighted by atomic mass is 9.72. The number of aromatic nitrogens is 2. The molecule has 1 amide bonds. The molecule has 1 aliphatic carbocycles. The quantitative estimate of drug-likeness (QED) is 0.886. The van der Waals surface area contributed by atoms with E-state index in [-0.39, 0.29) is 17.4 Å². The second-order valence-electron chi connectivity index (χ2n) is 8.32. The largest absolute Gasteiger partial charge is 0.390 e. The van der Waals surface area contributed by atoms with E-state index >= 15 is 0 Å². The molecule has 0 radical (unpaired) electrons. The molecule has 148 valence electrons. The van der Waals surface area contributed by atoms with Crippen LogP contribution in [0.1, 0.15) is 54.2 Å². The molecule has 1 saturated heterocycles. The number of piperidine rings is 1. The summed E-state index contributed by atoms with van der Waals surface area (Å²) in [6.45, 7) is 5.57. The molecule has 1 fully saturated rings. The average Bonchev–Trinajstić information content (AvgIpc) is 2.96. The van der Waals surface area contributed by atoms with Crippen molar-refractivity contribution in [3.8, 4) is 0 Å². The topological polar surface area (TPSA) is 69.6 Å². The summed E-state index contributed by atoms with van der Waals surface area (Å²) in [5.41, 5.74) is 2.75. The van der Waals surface area contributed by atoms with E-state index in [2.05, 4.69) is 60.3 Å². The fourth-order valence-electron chi connectivity index (χ4n) is 4.88. The van der Waals surface area contributed by atoms with Gasteiger partial charge in [0, 0.05) is 24.5 Å². The third-order valence-electron chi connectivity index (χ3n) is 6.71. The van der Waals surface area contributed by atoms with Crippen LogP contribution in [0.4, 0.5) is 0 Å². The van der Waals surface area contributed by atoms with Gasteiger partial charge >= 0.3 is 0 Å². The van der Waals surface area contributed by atoms with Crippen molar-refractivity contribution in [1.29, 1.82) is 0 Å². The Balaban J connectivity index is 1.60. The molecule has 1 aromatic carbocycles. The average molecular weight is 380 g/mol. The highest BCUT2D eigenvalue weighted by molar-refractivity contribution is 5.93. The molecule has 1 N–H and O–H groups in total. The van der Waals surface area contributed by atoms with E-state index in [0.29, 0.717) is 24.7 Å². The highest BCUT2D eigenvalue weighted by atomic mass is 16.3. The Hall–Kier alpha value is -2.31. The number of hydrogen-bond acceptors (Lipinski definition) is 5. The first kappa shape index (κ1) is 19.0. The molecule has 2 aromatic rings. The van der Waals surface area contributed by atoms with Gasteiger partial charge in [-0.25, -0.2) is 0 Å². The van der Waals surface area contributed by atoms with Gasteiger partial charge in [0.15, 0.2) is 0 Å². The lowest BCUT2D eigenvalue weighted by Gasteiger charge is -2.44. The van der Waals surface area contributed by atoms with Gasteiger partial charge in [-0.1, -0.05) is 24.3 Å². The molecule has 2 heterocycles. The molecule has 0 saturated carbocycles. The van der Waals surface area contributed by atoms with Crippen LogP contribution in [0, 0.1) is 0 Å². The van der Waals surface area contributed by atoms with Crippen molar-refractivity contribution < 1.29 is 9.90 Å². The normalized spacial score (nSPS) is 23.4. The zero-order valence-electron chi connectivity index (χ0n) is 16.7. The molecular weight excluding hydrogens is 352 g/mol. The first-order chi connectivity index (χ1) is 13.5. The van der Waals surface area contributed by atoms with E-state index in [0.717, 1.165) is 12.8 Å². The van der Waals surface area contributed by atoms with Crippen LogP contribution in [-0.4, -0.2) is 63.3 Å². The van der Waals surface area contributed by atoms with Gasteiger partial charge in [-0.05, 0) is 50.9 Å². The van der Waals surface area contributed by atoms with E-state index in [1.807, 2.05) is 4.90 Å². The molecule has 2 aliphatic rings. The number of rotatable bonds is 3. The van der Waals surface area contributed by atoms with Gasteiger partial charge in [0.05, 0.1) is 30.1 Å². The minimum atomic E-state index is -0.475. The van der Waals surface area contributed by atoms with E-state index < -0.39 is 6.10 Å². The van der Waals surface area contributed by atoms with Crippen molar-refractivity contribution in [2.75, 3.05) is 20.1 Å². The third kappa shape index (κ3) is 2.91. The van der Waals surface area contributed by atoms with Crippen molar-refractivity contribution in [1.82, 2.24) is 20.0 Å². The Morgan fingerprint density at radius 3 is 2.57 bits per heavy atom. The molecule has 6 nitrogen and oxygen atoms in total. The number of nitrogens with zero attached hydrogens (tertiary/aromatic N) is 4. The predicted molar refractivity (Wildman–Crippen MR) is 107 cm³/mol. The highest BCUT2D eigenvalue weighted by Gasteiger charge is 2.54. The number of aliphatic hydroxyl groups excluding tert-OH is 1. The molecule has 0 unspecified atom stereocenters. The number of carbonyl (C=O) groups is 1. The number of hydrogen-bond donors (Lipinski definition) is 1. The zero-order valence-corrected chi connectivity index (χ0v) is 16.7. The smallest absolute Gasteiger partial charge is 0.255 e. The minimum Gasteiger partial charge on any atom is -0.390 e. The zero-order chi connectivity index (χ0) is 19.9. The Labute approximate surface area is 166 Å². The molecule has 28 heavy (non-hydrogen) atoms. The summed E-state index contributed by atoms with van der Waals surface area (Å²) in [4.78, 5) is 16.9. The van der Waals surface area contributed by atoms with Crippen LogP contribution in [0.3, 0.4) is 0 Å². The van der Waals surface area contributed by atoms with E-state index in [4.69, 9.17) is 0 Å². The molecule has 1 aromatic heterocycles. The molecule has 1 aliphatic heterocycles. The first-order valence-electron chi connectivity index (χ1n) is 10.0. The summed E-state index contributed by atoms with van der Waals surface area (Å²) in [5, 5.41) is 19.0. The van der Waals surface area contributed by atoms with Gasteiger partial charge in [-0.2, -0.15) is 10.2 Å². The number of carbonyl (C=O) groups excluding carboxylic acids is 1. The van der Waals surface area contributed by atoms with Gasteiger partial charge in [0.1, 0.15) is 0 Å². The van der Waals surface area contributed by atoms with Crippen molar-refractivity contribution >= 4 is 5.91 Å². The molecule has 1 spiro atoms. The Kier molecular flexibility index (Phi) is 4.93. The maximum Gasteiger partial charge on any atom is 0.255 e. The van der Waals surface area contributed by atoms with E-state index in [1.165, 1.54) is 17.3 Å². The lowest BCUT2D eigenvalue weighted by Crippen LogP contribution is -2.51. The van der Waals surface area contributed by atoms with Crippen molar-refractivity contribution in [3.05, 3.63) is 59.4 Å². The first-order valence-corrected chi connectivity index (χ1v) is 10.0. The number of likely N-dealkylation sites (N-methyl/N-ethyl adjacent to an activating group) is 1. The standard InChI is InChI=1S/C22H28N4O2/c1-15(2)25(3)19-17-6-4-5-7-18(17)22(20(19)27)9-12-26(13-10-22)21(28)16-8-11-23-24-14-16/h4-8,11,14-15,19-20,27H,9-10,12-13H2,1-3H3/t19-,20+/m1/s1. The van der Waals surface area contributed by atoms with Crippen molar-refractivity contribution in [2.45, 2.75) is 50.3 Å². The van der Waals surface area contributed by atoms with E-state index in [1.54, 1.807) is 12.3 Å². The van der Waals surface area contributed by atoms with Crippen LogP contribution in [-0.2, 0) is 5.41 Å². The molecule has 6 heteroatoms. The van der Waals surface area contributed by atoms with Crippen LogP contribution in [0.5, 0.6) is 0 Å². The monoisotopic (exact) mass is 380 g/mol. The predicted octanol–water partition coefficient (Wildman–Crippen LogP) is 2.41. The maximum absolute atomic E-state index is 12.8. The number of likely N-dealkylation sites (tertiary alicyclic amines) is 1. The van der Waals surface area contributed by atoms with Crippen LogP contribution in [0.15, 0.2) is 42.7 Å². The Bertz CT molecular complexity index is 847. The molecular formula is C22H28N4O2. The van der Waals surface area contributed by atoms with Gasteiger partial charge in [-0.15, -0.1) is 0 Å². The number of aliphatic hydroxyl groups is 1. The fourth-order valence-corrected chi connectivity index (χ4v) is 4.88.